The third-order valence-corrected chi connectivity index (χ3v) is 7.97. The molecule has 9 atom stereocenters. The molecule has 14 nitrogen and oxygen atoms in total. The zero-order valence-corrected chi connectivity index (χ0v) is 25.1. The average Bonchev–Trinajstić information content (AvgIpc) is 3.49. The SMILES string of the molecule is COc1ccc(-c2cc3cc(CCCO[C@H]4O[C@@H](CO[C@H]5OC[C@@H](O)[C@@H](O)[C@H]5O)[C@@H](O)[C@@H](O)[C@@H]4O)cc(OC)c3o2)cc1OC. The summed E-state index contributed by atoms with van der Waals surface area (Å²) < 4.78 is 44.5. The third kappa shape index (κ3) is 7.20. The highest BCUT2D eigenvalue weighted by molar-refractivity contribution is 5.88. The molecule has 0 saturated carbocycles. The van der Waals surface area contributed by atoms with E-state index in [4.69, 9.17) is 37.6 Å². The molecule has 2 fully saturated rings. The number of methoxy groups -OCH3 is 3. The first-order valence-corrected chi connectivity index (χ1v) is 14.6. The summed E-state index contributed by atoms with van der Waals surface area (Å²) in [4.78, 5) is 0. The molecule has 0 spiro atoms. The second-order valence-electron chi connectivity index (χ2n) is 11.0. The Hall–Kier alpha value is -3.02. The van der Waals surface area contributed by atoms with E-state index < -0.39 is 55.3 Å². The van der Waals surface area contributed by atoms with Gasteiger partial charge in [-0.25, -0.2) is 0 Å². The van der Waals surface area contributed by atoms with Crippen LogP contribution in [0.4, 0.5) is 0 Å². The maximum absolute atomic E-state index is 10.4. The molecule has 1 aromatic heterocycles. The molecule has 0 bridgehead atoms. The Balaban J connectivity index is 1.18. The molecule has 3 heterocycles. The lowest BCUT2D eigenvalue weighted by atomic mass is 9.99. The molecule has 6 N–H and O–H groups in total. The largest absolute Gasteiger partial charge is 0.493 e. The quantitative estimate of drug-likeness (QED) is 0.149. The van der Waals surface area contributed by atoms with Crippen LogP contribution in [0, 0.1) is 0 Å². The lowest BCUT2D eigenvalue weighted by molar-refractivity contribution is -0.320. The summed E-state index contributed by atoms with van der Waals surface area (Å²) in [5.74, 6) is 2.38. The first kappa shape index (κ1) is 33.3. The van der Waals surface area contributed by atoms with Gasteiger partial charge in [0.05, 0.1) is 41.2 Å². The Kier molecular flexibility index (Phi) is 10.8. The van der Waals surface area contributed by atoms with Crippen LogP contribution in [0.25, 0.3) is 22.3 Å². The van der Waals surface area contributed by atoms with Crippen molar-refractivity contribution in [3.05, 3.63) is 42.0 Å². The van der Waals surface area contributed by atoms with Crippen molar-refractivity contribution in [2.75, 3.05) is 41.2 Å². The monoisotopic (exact) mass is 636 g/mol. The Morgan fingerprint density at radius 1 is 0.733 bits per heavy atom. The number of furan rings is 1. The highest BCUT2D eigenvalue weighted by Crippen LogP contribution is 2.38. The average molecular weight is 637 g/mol. The summed E-state index contributed by atoms with van der Waals surface area (Å²) in [6.07, 6.45) is -11.5. The van der Waals surface area contributed by atoms with E-state index in [2.05, 4.69) is 0 Å². The molecule has 0 amide bonds. The van der Waals surface area contributed by atoms with Gasteiger partial charge in [0.2, 0.25) is 0 Å². The molecule has 2 aliphatic rings. The van der Waals surface area contributed by atoms with Gasteiger partial charge in [0, 0.05) is 10.9 Å². The van der Waals surface area contributed by atoms with Crippen LogP contribution in [0.3, 0.4) is 0 Å². The van der Waals surface area contributed by atoms with Crippen LogP contribution >= 0.6 is 0 Å². The molecule has 0 radical (unpaired) electrons. The fourth-order valence-corrected chi connectivity index (χ4v) is 5.39. The summed E-state index contributed by atoms with van der Waals surface area (Å²) in [6, 6.07) is 11.3. The Bertz CT molecular complexity index is 1410. The number of benzene rings is 2. The zero-order chi connectivity index (χ0) is 32.2. The third-order valence-electron chi connectivity index (χ3n) is 7.97. The summed E-state index contributed by atoms with van der Waals surface area (Å²) in [7, 11) is 4.70. The maximum Gasteiger partial charge on any atom is 0.186 e. The van der Waals surface area contributed by atoms with Gasteiger partial charge in [-0.3, -0.25) is 0 Å². The maximum atomic E-state index is 10.4. The van der Waals surface area contributed by atoms with Gasteiger partial charge in [-0.05, 0) is 54.8 Å². The van der Waals surface area contributed by atoms with Gasteiger partial charge in [-0.1, -0.05) is 0 Å². The van der Waals surface area contributed by atoms with Crippen LogP contribution in [-0.4, -0.2) is 127 Å². The molecule has 14 heteroatoms. The highest BCUT2D eigenvalue weighted by Gasteiger charge is 2.45. The molecule has 45 heavy (non-hydrogen) atoms. The van der Waals surface area contributed by atoms with Gasteiger partial charge < -0.3 is 68.2 Å². The predicted molar refractivity (Wildman–Crippen MR) is 156 cm³/mol. The summed E-state index contributed by atoms with van der Waals surface area (Å²) in [5.41, 5.74) is 2.35. The van der Waals surface area contributed by atoms with Crippen molar-refractivity contribution < 1.29 is 68.2 Å². The van der Waals surface area contributed by atoms with Crippen molar-refractivity contribution in [3.63, 3.8) is 0 Å². The van der Waals surface area contributed by atoms with E-state index in [1.54, 1.807) is 27.4 Å². The Morgan fingerprint density at radius 2 is 1.47 bits per heavy atom. The van der Waals surface area contributed by atoms with Crippen LogP contribution < -0.4 is 14.2 Å². The van der Waals surface area contributed by atoms with Crippen LogP contribution in [0.5, 0.6) is 17.2 Å². The lowest BCUT2D eigenvalue weighted by Gasteiger charge is -2.41. The second-order valence-corrected chi connectivity index (χ2v) is 11.0. The molecule has 0 aliphatic carbocycles. The van der Waals surface area contributed by atoms with Crippen molar-refractivity contribution in [2.24, 2.45) is 0 Å². The van der Waals surface area contributed by atoms with E-state index in [-0.39, 0.29) is 19.8 Å². The number of aliphatic hydroxyl groups excluding tert-OH is 6. The van der Waals surface area contributed by atoms with E-state index in [1.807, 2.05) is 30.3 Å². The molecule has 3 aromatic rings. The number of hydrogen-bond donors (Lipinski definition) is 6. The molecular weight excluding hydrogens is 596 g/mol. The first-order chi connectivity index (χ1) is 21.6. The van der Waals surface area contributed by atoms with Gasteiger partial charge in [-0.15, -0.1) is 0 Å². The summed E-state index contributed by atoms with van der Waals surface area (Å²) >= 11 is 0. The van der Waals surface area contributed by atoms with Crippen LogP contribution in [0.15, 0.2) is 40.8 Å². The molecule has 2 aliphatic heterocycles. The molecule has 5 rings (SSSR count). The topological polar surface area (TPSA) is 199 Å². The van der Waals surface area contributed by atoms with Gasteiger partial charge in [0.15, 0.2) is 35.4 Å². The van der Waals surface area contributed by atoms with Crippen molar-refractivity contribution in [1.29, 1.82) is 0 Å². The number of ether oxygens (including phenoxy) is 7. The van der Waals surface area contributed by atoms with Gasteiger partial charge in [0.1, 0.15) is 48.5 Å². The number of hydrogen-bond acceptors (Lipinski definition) is 14. The standard InChI is InChI=1S/C31H40O14/c1-38-19-7-6-16(11-21(19)39-2)20-12-17-9-15(10-22(40-3)29(17)44-20)5-4-8-41-31-28(37)26(35)25(34)23(45-31)14-43-30-27(36)24(33)18(32)13-42-30/h6-7,9-12,18,23-28,30-37H,4-5,8,13-14H2,1-3H3/t18-,23+,24-,25-,26-,27-,28+,30-,31+/m1/s1. The minimum Gasteiger partial charge on any atom is -0.493 e. The number of fused-ring (bicyclic) bond motifs is 1. The Morgan fingerprint density at radius 3 is 2.20 bits per heavy atom. The molecule has 2 aromatic carbocycles. The Labute approximate surface area is 259 Å². The van der Waals surface area contributed by atoms with Gasteiger partial charge in [-0.2, -0.15) is 0 Å². The van der Waals surface area contributed by atoms with Crippen LogP contribution in [0.1, 0.15) is 12.0 Å². The van der Waals surface area contributed by atoms with Crippen molar-refractivity contribution >= 4 is 11.0 Å². The van der Waals surface area contributed by atoms with E-state index in [9.17, 15) is 30.6 Å². The zero-order valence-electron chi connectivity index (χ0n) is 25.1. The van der Waals surface area contributed by atoms with E-state index in [1.165, 1.54) is 0 Å². The molecule has 0 unspecified atom stereocenters. The van der Waals surface area contributed by atoms with Crippen molar-refractivity contribution in [2.45, 2.75) is 68.1 Å². The molecule has 2 saturated heterocycles. The van der Waals surface area contributed by atoms with Crippen molar-refractivity contribution in [1.82, 2.24) is 0 Å². The lowest BCUT2D eigenvalue weighted by Crippen LogP contribution is -2.60. The van der Waals surface area contributed by atoms with E-state index in [0.29, 0.717) is 41.4 Å². The van der Waals surface area contributed by atoms with Crippen LogP contribution in [-0.2, 0) is 25.4 Å². The minimum absolute atomic E-state index is 0.148. The predicted octanol–water partition coefficient (Wildman–Crippen LogP) is 0.338. The van der Waals surface area contributed by atoms with E-state index in [0.717, 1.165) is 16.5 Å². The second kappa shape index (κ2) is 14.6. The molecular formula is C31H40O14. The summed E-state index contributed by atoms with van der Waals surface area (Å²) in [6.45, 7) is -0.469. The summed E-state index contributed by atoms with van der Waals surface area (Å²) in [5, 5.41) is 61.6. The van der Waals surface area contributed by atoms with Crippen LogP contribution in [0.2, 0.25) is 0 Å². The van der Waals surface area contributed by atoms with Crippen molar-refractivity contribution in [3.8, 4) is 28.6 Å². The molecule has 248 valence electrons. The highest BCUT2D eigenvalue weighted by atomic mass is 16.7. The fourth-order valence-electron chi connectivity index (χ4n) is 5.39. The fraction of sp³-hybridized carbons (Fsp3) is 0.548. The smallest absolute Gasteiger partial charge is 0.186 e. The normalized spacial score (nSPS) is 30.4. The minimum atomic E-state index is -1.59. The number of rotatable bonds is 12. The number of aliphatic hydroxyl groups is 6. The van der Waals surface area contributed by atoms with E-state index >= 15 is 0 Å². The first-order valence-electron chi connectivity index (χ1n) is 14.6. The van der Waals surface area contributed by atoms with Gasteiger partial charge >= 0.3 is 0 Å². The number of aryl methyl sites for hydroxylation is 1. The van der Waals surface area contributed by atoms with Gasteiger partial charge in [0.25, 0.3) is 0 Å².